The Hall–Kier alpha value is -0.340. The van der Waals surface area contributed by atoms with Crippen molar-refractivity contribution in [1.29, 1.82) is 0 Å². The molecule has 0 N–H and O–H groups in total. The minimum absolute atomic E-state index is 0.712. The van der Waals surface area contributed by atoms with Crippen LogP contribution in [0.5, 0.6) is 0 Å². The van der Waals surface area contributed by atoms with Crippen LogP contribution >= 0.6 is 11.3 Å². The zero-order chi connectivity index (χ0) is 9.97. The molecule has 0 aromatic carbocycles. The fourth-order valence-corrected chi connectivity index (χ4v) is 3.06. The van der Waals surface area contributed by atoms with Crippen molar-refractivity contribution in [3.8, 4) is 0 Å². The Morgan fingerprint density at radius 1 is 1.57 bits per heavy atom. The largest absolute Gasteiger partial charge is 0.296 e. The molecule has 1 fully saturated rings. The number of rotatable bonds is 3. The summed E-state index contributed by atoms with van der Waals surface area (Å²) in [4.78, 5) is 2.65. The molecule has 1 nitrogen and oxygen atoms in total. The molecule has 1 aromatic heterocycles. The van der Waals surface area contributed by atoms with Gasteiger partial charge in [-0.2, -0.15) is 11.3 Å². The van der Waals surface area contributed by atoms with Gasteiger partial charge in [0, 0.05) is 12.6 Å². The molecule has 1 aromatic rings. The minimum Gasteiger partial charge on any atom is -0.296 e. The van der Waals surface area contributed by atoms with E-state index in [1.165, 1.54) is 31.5 Å². The summed E-state index contributed by atoms with van der Waals surface area (Å²) in [7, 11) is 0. The summed E-state index contributed by atoms with van der Waals surface area (Å²) in [5.41, 5.74) is 1.54. The fraction of sp³-hybridized carbons (Fsp3) is 0.667. The summed E-state index contributed by atoms with van der Waals surface area (Å²) in [5, 5.41) is 4.50. The molecule has 1 aliphatic heterocycles. The van der Waals surface area contributed by atoms with Gasteiger partial charge in [0.05, 0.1) is 0 Å². The van der Waals surface area contributed by atoms with Crippen molar-refractivity contribution in [2.75, 3.05) is 13.1 Å². The molecule has 78 valence electrons. The van der Waals surface area contributed by atoms with Gasteiger partial charge in [-0.25, -0.2) is 0 Å². The quantitative estimate of drug-likeness (QED) is 0.736. The van der Waals surface area contributed by atoms with Gasteiger partial charge in [-0.15, -0.1) is 0 Å². The van der Waals surface area contributed by atoms with Crippen LogP contribution in [0.4, 0.5) is 0 Å². The Balaban J connectivity index is 2.04. The van der Waals surface area contributed by atoms with Crippen LogP contribution in [-0.2, 0) is 0 Å². The molecule has 0 bridgehead atoms. The number of hydrogen-bond acceptors (Lipinski definition) is 2. The Labute approximate surface area is 90.7 Å². The van der Waals surface area contributed by atoms with Crippen molar-refractivity contribution in [3.63, 3.8) is 0 Å². The SMILES string of the molecule is CC(C)CN1CCCC1c1ccsc1. The van der Waals surface area contributed by atoms with Crippen LogP contribution in [0.25, 0.3) is 0 Å². The van der Waals surface area contributed by atoms with Crippen LogP contribution in [0.1, 0.15) is 38.3 Å². The molecule has 0 spiro atoms. The first-order valence-electron chi connectivity index (χ1n) is 5.53. The van der Waals surface area contributed by atoms with Crippen molar-refractivity contribution < 1.29 is 0 Å². The fourth-order valence-electron chi connectivity index (χ4n) is 2.36. The molecule has 2 heterocycles. The molecule has 1 aliphatic rings. The standard InChI is InChI=1S/C12H19NS/c1-10(2)8-13-6-3-4-12(13)11-5-7-14-9-11/h5,7,9-10,12H,3-4,6,8H2,1-2H3. The third-order valence-electron chi connectivity index (χ3n) is 2.89. The van der Waals surface area contributed by atoms with E-state index in [4.69, 9.17) is 0 Å². The lowest BCUT2D eigenvalue weighted by Gasteiger charge is -2.25. The Kier molecular flexibility index (Phi) is 3.24. The average Bonchev–Trinajstić information content (AvgIpc) is 2.70. The summed E-state index contributed by atoms with van der Waals surface area (Å²) >= 11 is 1.82. The summed E-state index contributed by atoms with van der Waals surface area (Å²) in [6, 6.07) is 3.00. The maximum atomic E-state index is 2.65. The lowest BCUT2D eigenvalue weighted by Crippen LogP contribution is -2.27. The minimum atomic E-state index is 0.712. The van der Waals surface area contributed by atoms with Crippen LogP contribution in [0, 0.1) is 5.92 Å². The average molecular weight is 209 g/mol. The topological polar surface area (TPSA) is 3.24 Å². The number of likely N-dealkylation sites (tertiary alicyclic amines) is 1. The molecule has 0 radical (unpaired) electrons. The van der Waals surface area contributed by atoms with Crippen molar-refractivity contribution in [2.45, 2.75) is 32.7 Å². The molecule has 14 heavy (non-hydrogen) atoms. The van der Waals surface area contributed by atoms with Crippen molar-refractivity contribution >= 4 is 11.3 Å². The second-order valence-electron chi connectivity index (χ2n) is 4.60. The van der Waals surface area contributed by atoms with E-state index in [9.17, 15) is 0 Å². The second kappa shape index (κ2) is 4.45. The van der Waals surface area contributed by atoms with Gasteiger partial charge in [-0.1, -0.05) is 13.8 Å². The normalized spacial score (nSPS) is 23.5. The van der Waals surface area contributed by atoms with Crippen molar-refractivity contribution in [1.82, 2.24) is 4.90 Å². The first-order valence-corrected chi connectivity index (χ1v) is 6.48. The predicted octanol–water partition coefficient (Wildman–Crippen LogP) is 3.54. The van der Waals surface area contributed by atoms with Crippen LogP contribution < -0.4 is 0 Å². The zero-order valence-electron chi connectivity index (χ0n) is 9.07. The van der Waals surface area contributed by atoms with E-state index in [0.717, 1.165) is 5.92 Å². The lowest BCUT2D eigenvalue weighted by atomic mass is 10.1. The molecule has 1 unspecified atom stereocenters. The van der Waals surface area contributed by atoms with Gasteiger partial charge < -0.3 is 0 Å². The first kappa shape index (κ1) is 10.2. The number of hydrogen-bond donors (Lipinski definition) is 0. The van der Waals surface area contributed by atoms with Gasteiger partial charge >= 0.3 is 0 Å². The summed E-state index contributed by atoms with van der Waals surface area (Å²) in [6.07, 6.45) is 2.72. The maximum absolute atomic E-state index is 2.65. The van der Waals surface area contributed by atoms with Crippen LogP contribution in [0.15, 0.2) is 16.8 Å². The van der Waals surface area contributed by atoms with Gasteiger partial charge in [0.15, 0.2) is 0 Å². The Morgan fingerprint density at radius 2 is 2.43 bits per heavy atom. The molecule has 1 atom stereocenters. The van der Waals surface area contributed by atoms with Crippen molar-refractivity contribution in [2.24, 2.45) is 5.92 Å². The maximum Gasteiger partial charge on any atom is 0.0356 e. The smallest absolute Gasteiger partial charge is 0.0356 e. The molecule has 0 aliphatic carbocycles. The van der Waals surface area contributed by atoms with Gasteiger partial charge in [0.2, 0.25) is 0 Å². The summed E-state index contributed by atoms with van der Waals surface area (Å²) in [6.45, 7) is 7.16. The van der Waals surface area contributed by atoms with E-state index < -0.39 is 0 Å². The third-order valence-corrected chi connectivity index (χ3v) is 3.59. The van der Waals surface area contributed by atoms with Crippen molar-refractivity contribution in [3.05, 3.63) is 22.4 Å². The highest BCUT2D eigenvalue weighted by atomic mass is 32.1. The number of thiophene rings is 1. The van der Waals surface area contributed by atoms with Gasteiger partial charge in [-0.05, 0) is 47.7 Å². The zero-order valence-corrected chi connectivity index (χ0v) is 9.89. The highest BCUT2D eigenvalue weighted by Crippen LogP contribution is 2.33. The van der Waals surface area contributed by atoms with E-state index in [-0.39, 0.29) is 0 Å². The Bertz CT molecular complexity index is 266. The predicted molar refractivity (Wildman–Crippen MR) is 62.7 cm³/mol. The molecule has 0 amide bonds. The summed E-state index contributed by atoms with van der Waals surface area (Å²) < 4.78 is 0. The monoisotopic (exact) mass is 209 g/mol. The van der Waals surface area contributed by atoms with E-state index in [1.54, 1.807) is 0 Å². The molecule has 2 heteroatoms. The van der Waals surface area contributed by atoms with Crippen LogP contribution in [0.2, 0.25) is 0 Å². The third kappa shape index (κ3) is 2.18. The van der Waals surface area contributed by atoms with E-state index >= 15 is 0 Å². The highest BCUT2D eigenvalue weighted by Gasteiger charge is 2.26. The van der Waals surface area contributed by atoms with Gasteiger partial charge in [0.25, 0.3) is 0 Å². The molecule has 2 rings (SSSR count). The lowest BCUT2D eigenvalue weighted by molar-refractivity contribution is 0.229. The van der Waals surface area contributed by atoms with Gasteiger partial charge in [0.1, 0.15) is 0 Å². The van der Waals surface area contributed by atoms with E-state index in [1.807, 2.05) is 11.3 Å². The van der Waals surface area contributed by atoms with E-state index in [2.05, 4.69) is 35.6 Å². The van der Waals surface area contributed by atoms with Crippen LogP contribution in [-0.4, -0.2) is 18.0 Å². The van der Waals surface area contributed by atoms with Gasteiger partial charge in [-0.3, -0.25) is 4.90 Å². The number of nitrogens with zero attached hydrogens (tertiary/aromatic N) is 1. The molecule has 1 saturated heterocycles. The second-order valence-corrected chi connectivity index (χ2v) is 5.38. The van der Waals surface area contributed by atoms with E-state index in [0.29, 0.717) is 6.04 Å². The molecular weight excluding hydrogens is 190 g/mol. The Morgan fingerprint density at radius 3 is 3.07 bits per heavy atom. The summed E-state index contributed by atoms with van der Waals surface area (Å²) in [5.74, 6) is 0.786. The first-order chi connectivity index (χ1) is 6.77. The molecule has 0 saturated carbocycles. The van der Waals surface area contributed by atoms with Crippen LogP contribution in [0.3, 0.4) is 0 Å². The highest BCUT2D eigenvalue weighted by molar-refractivity contribution is 7.07. The molecular formula is C12H19NS.